The molecule has 1 heterocycles. The highest BCUT2D eigenvalue weighted by Gasteiger charge is 2.17. The number of hydrogen-bond acceptors (Lipinski definition) is 3. The van der Waals surface area contributed by atoms with Crippen LogP contribution in [0, 0.1) is 0 Å². The van der Waals surface area contributed by atoms with Gasteiger partial charge in [-0.25, -0.2) is 0 Å². The Morgan fingerprint density at radius 3 is 0.925 bits per heavy atom. The Bertz CT molecular complexity index is 2330. The first kappa shape index (κ1) is 34.3. The molecule has 8 aromatic carbocycles. The van der Waals surface area contributed by atoms with Crippen LogP contribution in [0.1, 0.15) is 0 Å². The Balaban J connectivity index is 0.969. The minimum absolute atomic E-state index is 0.559. The molecule has 0 nitrogen and oxygen atoms in total. The summed E-state index contributed by atoms with van der Waals surface area (Å²) in [6.45, 7) is 0. The average Bonchev–Trinajstić information content (AvgIpc) is 3.61. The maximum Gasteiger partial charge on any atom is 0.0355 e. The quantitative estimate of drug-likeness (QED) is 0.127. The lowest BCUT2D eigenvalue weighted by atomic mass is 10.0. The van der Waals surface area contributed by atoms with E-state index in [0.29, 0.717) is 0 Å². The van der Waals surface area contributed by atoms with Gasteiger partial charge in [-0.3, -0.25) is 0 Å². The zero-order chi connectivity index (χ0) is 35.4. The number of thiophene rings is 1. The van der Waals surface area contributed by atoms with Gasteiger partial charge in [0, 0.05) is 44.2 Å². The molecule has 0 N–H and O–H groups in total. The molecule has 1 aromatic heterocycles. The monoisotopic (exact) mass is 768 g/mol. The zero-order valence-electron chi connectivity index (χ0n) is 28.7. The number of benzene rings is 8. The second-order valence-electron chi connectivity index (χ2n) is 12.7. The van der Waals surface area contributed by atoms with Crippen LogP contribution in [0.5, 0.6) is 0 Å². The van der Waals surface area contributed by atoms with Crippen molar-refractivity contribution < 1.29 is 0 Å². The highest BCUT2D eigenvalue weighted by Crippen LogP contribution is 2.53. The van der Waals surface area contributed by atoms with Crippen molar-refractivity contribution in [1.82, 2.24) is 0 Å². The predicted octanol–water partition coefficient (Wildman–Crippen LogP) is 13.7. The van der Waals surface area contributed by atoms with Crippen LogP contribution in [0.2, 0.25) is 0 Å². The lowest BCUT2D eigenvalue weighted by Gasteiger charge is -2.18. The van der Waals surface area contributed by atoms with Crippen LogP contribution in [-0.4, -0.2) is 0 Å². The molecule has 9 aromatic rings. The fraction of sp³-hybridized carbons (Fsp3) is 0. The SMILES string of the molecule is c1ccc(P(Sc2ccc(-c3ccc4sc5ccc(-c6ccc(SP(c7ccccc7)c7ccccc7)cc6)cc5c4c3)cc2)c2ccccc2)cc1. The van der Waals surface area contributed by atoms with E-state index < -0.39 is 14.2 Å². The molecular weight excluding hydrogens is 735 g/mol. The van der Waals surface area contributed by atoms with Gasteiger partial charge in [0.2, 0.25) is 0 Å². The van der Waals surface area contributed by atoms with Gasteiger partial charge in [0.25, 0.3) is 0 Å². The van der Waals surface area contributed by atoms with Gasteiger partial charge in [0.1, 0.15) is 0 Å². The first-order valence-electron chi connectivity index (χ1n) is 17.6. The topological polar surface area (TPSA) is 0 Å². The van der Waals surface area contributed by atoms with Crippen LogP contribution < -0.4 is 21.2 Å². The van der Waals surface area contributed by atoms with E-state index in [-0.39, 0.29) is 0 Å². The first-order chi connectivity index (χ1) is 26.2. The summed E-state index contributed by atoms with van der Waals surface area (Å²) in [6.07, 6.45) is 0. The highest BCUT2D eigenvalue weighted by atomic mass is 32.7. The lowest BCUT2D eigenvalue weighted by Crippen LogP contribution is -2.08. The normalized spacial score (nSPS) is 11.5. The van der Waals surface area contributed by atoms with Gasteiger partial charge in [-0.05, 0) is 92.0 Å². The summed E-state index contributed by atoms with van der Waals surface area (Å²) in [5.41, 5.74) is 4.99. The molecule has 0 aliphatic carbocycles. The summed E-state index contributed by atoms with van der Waals surface area (Å²) < 4.78 is 2.65. The summed E-state index contributed by atoms with van der Waals surface area (Å²) in [4.78, 5) is 2.58. The molecule has 0 unspecified atom stereocenters. The van der Waals surface area contributed by atoms with Gasteiger partial charge in [0.15, 0.2) is 0 Å². The Labute approximate surface area is 326 Å². The van der Waals surface area contributed by atoms with Crippen molar-refractivity contribution in [1.29, 1.82) is 0 Å². The van der Waals surface area contributed by atoms with E-state index in [2.05, 4.69) is 206 Å². The standard InChI is InChI=1S/C48H34P2S3/c1-5-13-39(14-6-1)49(40-15-7-2-8-16-40)52-43-27-21-35(22-28-43)37-25-31-47-45(33-37)46-34-38(26-32-48(46)51-47)36-23-29-44(30-24-36)53-50(41-17-9-3-10-18-41)42-19-11-4-12-20-42/h1-34H. The average molecular weight is 769 g/mol. The van der Waals surface area contributed by atoms with Gasteiger partial charge in [-0.15, -0.1) is 11.3 Å². The van der Waals surface area contributed by atoms with Crippen molar-refractivity contribution >= 4 is 89.7 Å². The smallest absolute Gasteiger partial charge is 0.0355 e. The van der Waals surface area contributed by atoms with Gasteiger partial charge >= 0.3 is 0 Å². The summed E-state index contributed by atoms with van der Waals surface area (Å²) in [5, 5.41) is 8.17. The van der Waals surface area contributed by atoms with Crippen LogP contribution in [-0.2, 0) is 0 Å². The molecule has 254 valence electrons. The largest absolute Gasteiger partial charge is 0.135 e. The number of hydrogen-bond donors (Lipinski definition) is 0. The summed E-state index contributed by atoms with van der Waals surface area (Å²) in [7, 11) is -1.12. The molecule has 0 aliphatic heterocycles. The second-order valence-corrected chi connectivity index (χ2v) is 21.6. The van der Waals surface area contributed by atoms with Crippen LogP contribution in [0.4, 0.5) is 0 Å². The minimum atomic E-state index is -0.559. The third kappa shape index (κ3) is 7.65. The fourth-order valence-electron chi connectivity index (χ4n) is 6.53. The molecule has 0 fully saturated rings. The maximum absolute atomic E-state index is 2.39. The van der Waals surface area contributed by atoms with Gasteiger partial charge in [0.05, 0.1) is 0 Å². The maximum atomic E-state index is 2.39. The fourth-order valence-corrected chi connectivity index (χ4v) is 16.0. The van der Waals surface area contributed by atoms with Crippen molar-refractivity contribution in [2.75, 3.05) is 0 Å². The van der Waals surface area contributed by atoms with E-state index in [1.807, 2.05) is 34.1 Å². The highest BCUT2D eigenvalue weighted by molar-refractivity contribution is 8.60. The Morgan fingerprint density at radius 1 is 0.302 bits per heavy atom. The predicted molar refractivity (Wildman–Crippen MR) is 240 cm³/mol. The zero-order valence-corrected chi connectivity index (χ0v) is 33.0. The number of fused-ring (bicyclic) bond motifs is 3. The summed E-state index contributed by atoms with van der Waals surface area (Å²) >= 11 is 5.82. The third-order valence-corrected chi connectivity index (χ3v) is 19.6. The van der Waals surface area contributed by atoms with Crippen LogP contribution in [0.3, 0.4) is 0 Å². The van der Waals surface area contributed by atoms with Gasteiger partial charge in [-0.2, -0.15) is 0 Å². The Kier molecular flexibility index (Phi) is 10.3. The molecule has 0 saturated carbocycles. The molecular formula is C48H34P2S3. The Morgan fingerprint density at radius 2 is 0.604 bits per heavy atom. The molecule has 0 aliphatic rings. The van der Waals surface area contributed by atoms with E-state index in [1.165, 1.54) is 73.4 Å². The van der Waals surface area contributed by atoms with E-state index in [0.717, 1.165) is 0 Å². The van der Waals surface area contributed by atoms with Crippen LogP contribution >= 0.6 is 48.3 Å². The molecule has 0 saturated heterocycles. The minimum Gasteiger partial charge on any atom is -0.135 e. The van der Waals surface area contributed by atoms with Crippen molar-refractivity contribution in [2.45, 2.75) is 9.79 Å². The van der Waals surface area contributed by atoms with Crippen LogP contribution in [0.15, 0.2) is 216 Å². The molecule has 9 rings (SSSR count). The molecule has 0 amide bonds. The lowest BCUT2D eigenvalue weighted by molar-refractivity contribution is 1.47. The molecule has 53 heavy (non-hydrogen) atoms. The van der Waals surface area contributed by atoms with Crippen molar-refractivity contribution in [3.05, 3.63) is 206 Å². The van der Waals surface area contributed by atoms with E-state index in [4.69, 9.17) is 0 Å². The Hall–Kier alpha value is -4.46. The third-order valence-electron chi connectivity index (χ3n) is 9.20. The van der Waals surface area contributed by atoms with Gasteiger partial charge < -0.3 is 0 Å². The summed E-state index contributed by atoms with van der Waals surface area (Å²) in [6, 6.07) is 75.9. The molecule has 0 atom stereocenters. The van der Waals surface area contributed by atoms with Crippen molar-refractivity contribution in [2.24, 2.45) is 0 Å². The van der Waals surface area contributed by atoms with Crippen molar-refractivity contribution in [3.8, 4) is 22.3 Å². The second kappa shape index (κ2) is 15.9. The van der Waals surface area contributed by atoms with E-state index >= 15 is 0 Å². The molecule has 0 bridgehead atoms. The van der Waals surface area contributed by atoms with E-state index in [1.54, 1.807) is 0 Å². The summed E-state index contributed by atoms with van der Waals surface area (Å²) in [5.74, 6) is 0. The first-order valence-corrected chi connectivity index (χ1v) is 23.9. The van der Waals surface area contributed by atoms with E-state index in [9.17, 15) is 0 Å². The van der Waals surface area contributed by atoms with Crippen molar-refractivity contribution in [3.63, 3.8) is 0 Å². The molecule has 5 heteroatoms. The van der Waals surface area contributed by atoms with Crippen LogP contribution in [0.25, 0.3) is 42.4 Å². The molecule has 0 spiro atoms. The van der Waals surface area contributed by atoms with Gasteiger partial charge in [-0.1, -0.05) is 180 Å². The molecule has 0 radical (unpaired) electrons. The number of rotatable bonds is 10.